The van der Waals surface area contributed by atoms with Gasteiger partial charge in [-0.25, -0.2) is 0 Å². The Hall–Kier alpha value is -1.32. The predicted octanol–water partition coefficient (Wildman–Crippen LogP) is 2.65. The molecule has 3 saturated carbocycles. The molecular formula is C22H38N2O7. The van der Waals surface area contributed by atoms with Crippen LogP contribution in [0.15, 0.2) is 0 Å². The molecule has 9 nitrogen and oxygen atoms in total. The summed E-state index contributed by atoms with van der Waals surface area (Å²) < 4.78 is 0. The highest BCUT2D eigenvalue weighted by atomic mass is 16.6. The van der Waals surface area contributed by atoms with Gasteiger partial charge in [0.1, 0.15) is 0 Å². The van der Waals surface area contributed by atoms with Crippen LogP contribution in [0.5, 0.6) is 0 Å². The number of nitro groups is 2. The average Bonchev–Trinajstić information content (AvgIpc) is 2.71. The fourth-order valence-corrected chi connectivity index (χ4v) is 6.67. The van der Waals surface area contributed by atoms with Crippen molar-refractivity contribution in [2.45, 2.75) is 102 Å². The van der Waals surface area contributed by atoms with Crippen LogP contribution in [0, 0.1) is 55.7 Å². The molecule has 3 fully saturated rings. The van der Waals surface area contributed by atoms with Gasteiger partial charge in [0.25, 0.3) is 0 Å². The maximum atomic E-state index is 11.6. The summed E-state index contributed by atoms with van der Waals surface area (Å²) in [7, 11) is 0. The lowest BCUT2D eigenvalue weighted by atomic mass is 9.65. The van der Waals surface area contributed by atoms with Gasteiger partial charge in [0, 0.05) is 35.5 Å². The highest BCUT2D eigenvalue weighted by Crippen LogP contribution is 2.44. The smallest absolute Gasteiger partial charge is 0.213 e. The first kappa shape index (κ1) is 24.3. The Kier molecular flexibility index (Phi) is 7.91. The first-order valence-electron chi connectivity index (χ1n) is 11.9. The van der Waals surface area contributed by atoms with Gasteiger partial charge in [-0.3, -0.25) is 20.2 Å². The second-order valence-corrected chi connectivity index (χ2v) is 10.7. The molecule has 31 heavy (non-hydrogen) atoms. The van der Waals surface area contributed by atoms with Gasteiger partial charge >= 0.3 is 0 Å². The average molecular weight is 443 g/mol. The number of rotatable bonds is 6. The molecule has 0 saturated heterocycles. The summed E-state index contributed by atoms with van der Waals surface area (Å²) in [5.74, 6) is -0.970. The first-order valence-corrected chi connectivity index (χ1v) is 11.9. The maximum absolute atomic E-state index is 11.6. The number of hydrogen-bond acceptors (Lipinski definition) is 7. The van der Waals surface area contributed by atoms with Crippen molar-refractivity contribution in [2.75, 3.05) is 0 Å². The molecule has 3 aliphatic carbocycles. The summed E-state index contributed by atoms with van der Waals surface area (Å²) >= 11 is 0. The van der Waals surface area contributed by atoms with Crippen LogP contribution >= 0.6 is 0 Å². The van der Waals surface area contributed by atoms with E-state index in [2.05, 4.69) is 0 Å². The molecule has 0 aromatic carbocycles. The zero-order valence-corrected chi connectivity index (χ0v) is 18.6. The molecule has 0 amide bonds. The second kappa shape index (κ2) is 10.1. The Morgan fingerprint density at radius 3 is 1.68 bits per heavy atom. The molecule has 11 atom stereocenters. The SMILES string of the molecule is CC1CCCC(CC2CC([N+](=O)[O-])CC(CC3CC([N+](=O)[O-])CC(C)C3O)C2O)C1O. The predicted molar refractivity (Wildman–Crippen MR) is 113 cm³/mol. The molecule has 3 aliphatic rings. The Balaban J connectivity index is 1.72. The summed E-state index contributed by atoms with van der Waals surface area (Å²) in [4.78, 5) is 22.4. The summed E-state index contributed by atoms with van der Waals surface area (Å²) in [6.07, 6.45) is 2.99. The molecule has 0 heterocycles. The Bertz CT molecular complexity index is 647. The van der Waals surface area contributed by atoms with Gasteiger partial charge in [-0.2, -0.15) is 0 Å². The number of hydrogen-bond donors (Lipinski definition) is 3. The van der Waals surface area contributed by atoms with Gasteiger partial charge < -0.3 is 15.3 Å². The van der Waals surface area contributed by atoms with E-state index >= 15 is 0 Å². The fraction of sp³-hybridized carbons (Fsp3) is 1.00. The second-order valence-electron chi connectivity index (χ2n) is 10.7. The minimum absolute atomic E-state index is 0.0358. The fourth-order valence-electron chi connectivity index (χ4n) is 6.67. The lowest BCUT2D eigenvalue weighted by molar-refractivity contribution is -0.533. The summed E-state index contributed by atoms with van der Waals surface area (Å²) in [5.41, 5.74) is 0. The number of aliphatic hydroxyl groups is 3. The Morgan fingerprint density at radius 2 is 1.13 bits per heavy atom. The van der Waals surface area contributed by atoms with E-state index in [0.29, 0.717) is 25.7 Å². The topological polar surface area (TPSA) is 147 Å². The molecule has 178 valence electrons. The minimum Gasteiger partial charge on any atom is -0.393 e. The van der Waals surface area contributed by atoms with Crippen LogP contribution in [-0.2, 0) is 0 Å². The van der Waals surface area contributed by atoms with Crippen molar-refractivity contribution in [3.8, 4) is 0 Å². The van der Waals surface area contributed by atoms with Crippen molar-refractivity contribution in [1.82, 2.24) is 0 Å². The standard InChI is InChI=1S/C22H38N2O7/c1-12-4-3-5-14(20(12)25)7-16-10-19(24(30)31)11-17(22(16)27)8-15-9-18(23(28)29)6-13(2)21(15)26/h12-22,25-27H,3-11H2,1-2H3. The highest BCUT2D eigenvalue weighted by Gasteiger charge is 2.47. The van der Waals surface area contributed by atoms with Gasteiger partial charge in [-0.15, -0.1) is 0 Å². The van der Waals surface area contributed by atoms with Gasteiger partial charge in [0.15, 0.2) is 0 Å². The Labute approximate surface area is 183 Å². The lowest BCUT2D eigenvalue weighted by Gasteiger charge is -2.43. The molecule has 0 bridgehead atoms. The molecule has 0 aromatic heterocycles. The molecule has 0 aliphatic heterocycles. The van der Waals surface area contributed by atoms with Crippen molar-refractivity contribution < 1.29 is 25.2 Å². The van der Waals surface area contributed by atoms with Gasteiger partial charge in [-0.1, -0.05) is 20.3 Å². The molecule has 3 N–H and O–H groups in total. The molecule has 0 spiro atoms. The van der Waals surface area contributed by atoms with Crippen LogP contribution < -0.4 is 0 Å². The number of aliphatic hydroxyl groups excluding tert-OH is 3. The lowest BCUT2D eigenvalue weighted by Crippen LogP contribution is -2.47. The molecule has 3 rings (SSSR count). The monoisotopic (exact) mass is 442 g/mol. The van der Waals surface area contributed by atoms with Crippen molar-refractivity contribution in [2.24, 2.45) is 35.5 Å². The van der Waals surface area contributed by atoms with Gasteiger partial charge in [0.2, 0.25) is 12.1 Å². The first-order chi connectivity index (χ1) is 14.6. The molecule has 0 aromatic rings. The van der Waals surface area contributed by atoms with Crippen molar-refractivity contribution in [1.29, 1.82) is 0 Å². The van der Waals surface area contributed by atoms with Crippen molar-refractivity contribution >= 4 is 0 Å². The van der Waals surface area contributed by atoms with E-state index in [0.717, 1.165) is 19.3 Å². The molecular weight excluding hydrogens is 404 g/mol. The van der Waals surface area contributed by atoms with E-state index in [4.69, 9.17) is 0 Å². The number of nitrogens with zero attached hydrogens (tertiary/aromatic N) is 2. The normalized spacial score (nSPS) is 46.4. The molecule has 0 radical (unpaired) electrons. The summed E-state index contributed by atoms with van der Waals surface area (Å²) in [6, 6.07) is -1.48. The van der Waals surface area contributed by atoms with Crippen LogP contribution in [0.2, 0.25) is 0 Å². The van der Waals surface area contributed by atoms with Crippen molar-refractivity contribution in [3.05, 3.63) is 20.2 Å². The van der Waals surface area contributed by atoms with Gasteiger partial charge in [0.05, 0.1) is 18.3 Å². The zero-order chi connectivity index (χ0) is 22.9. The van der Waals surface area contributed by atoms with E-state index < -0.39 is 30.4 Å². The van der Waals surface area contributed by atoms with E-state index in [-0.39, 0.29) is 58.2 Å². The molecule has 9 heteroatoms. The maximum Gasteiger partial charge on any atom is 0.213 e. The largest absolute Gasteiger partial charge is 0.393 e. The van der Waals surface area contributed by atoms with E-state index in [1.165, 1.54) is 0 Å². The third-order valence-corrected chi connectivity index (χ3v) is 8.51. The molecule has 11 unspecified atom stereocenters. The van der Waals surface area contributed by atoms with Crippen LogP contribution in [0.3, 0.4) is 0 Å². The minimum atomic E-state index is -0.763. The van der Waals surface area contributed by atoms with Gasteiger partial charge in [-0.05, 0) is 61.2 Å². The van der Waals surface area contributed by atoms with Crippen LogP contribution in [0.4, 0.5) is 0 Å². The van der Waals surface area contributed by atoms with Crippen LogP contribution in [0.1, 0.15) is 71.6 Å². The van der Waals surface area contributed by atoms with E-state index in [1.807, 2.05) is 6.92 Å². The highest BCUT2D eigenvalue weighted by molar-refractivity contribution is 4.93. The van der Waals surface area contributed by atoms with Crippen molar-refractivity contribution in [3.63, 3.8) is 0 Å². The van der Waals surface area contributed by atoms with E-state index in [9.17, 15) is 35.5 Å². The van der Waals surface area contributed by atoms with Crippen LogP contribution in [0.25, 0.3) is 0 Å². The third kappa shape index (κ3) is 5.54. The summed E-state index contributed by atoms with van der Waals surface area (Å²) in [6.45, 7) is 3.83. The van der Waals surface area contributed by atoms with E-state index in [1.54, 1.807) is 6.92 Å². The Morgan fingerprint density at radius 1 is 0.677 bits per heavy atom. The quantitative estimate of drug-likeness (QED) is 0.423. The zero-order valence-electron chi connectivity index (χ0n) is 18.6. The van der Waals surface area contributed by atoms with Crippen LogP contribution in [-0.4, -0.2) is 55.6 Å². The summed E-state index contributed by atoms with van der Waals surface area (Å²) in [5, 5.41) is 55.4. The third-order valence-electron chi connectivity index (χ3n) is 8.51.